The molecule has 0 spiro atoms. The third kappa shape index (κ3) is 4.87. The first-order chi connectivity index (χ1) is 15.3. The number of hydrogen-bond acceptors (Lipinski definition) is 6. The van der Waals surface area contributed by atoms with Gasteiger partial charge in [-0.1, -0.05) is 24.3 Å². The largest absolute Gasteiger partial charge is 0.379 e. The number of nitrogens with one attached hydrogen (secondary N) is 1. The average molecular weight is 412 g/mol. The van der Waals surface area contributed by atoms with Gasteiger partial charge < -0.3 is 10.1 Å². The zero-order valence-electron chi connectivity index (χ0n) is 17.4. The number of para-hydroxylation sites is 1. The fourth-order valence-electron chi connectivity index (χ4n) is 3.83. The number of benzene rings is 2. The molecule has 2 aromatic heterocycles. The Balaban J connectivity index is 1.37. The van der Waals surface area contributed by atoms with Crippen LogP contribution < -0.4 is 5.32 Å². The molecule has 1 saturated heterocycles. The standard InChI is InChI=1S/C25H25N5O/c1-2-4-23-22(3-1)25(29-24(28-23)18-30-13-15-31-16-14-30)27-21-7-5-19(6-8-21)17-20-9-11-26-12-10-20/h1-12H,13-18H2,(H,27,28,29). The van der Waals surface area contributed by atoms with Crippen LogP contribution in [0.3, 0.4) is 0 Å². The lowest BCUT2D eigenvalue weighted by molar-refractivity contribution is 0.0331. The van der Waals surface area contributed by atoms with Crippen molar-refractivity contribution in [2.24, 2.45) is 0 Å². The second kappa shape index (κ2) is 9.20. The third-order valence-electron chi connectivity index (χ3n) is 5.49. The van der Waals surface area contributed by atoms with E-state index in [9.17, 15) is 0 Å². The molecule has 0 amide bonds. The van der Waals surface area contributed by atoms with Crippen molar-refractivity contribution in [2.75, 3.05) is 31.6 Å². The van der Waals surface area contributed by atoms with Crippen LogP contribution in [0.5, 0.6) is 0 Å². The maximum atomic E-state index is 5.46. The van der Waals surface area contributed by atoms with E-state index in [1.807, 2.05) is 30.6 Å². The molecule has 1 fully saturated rings. The second-order valence-electron chi connectivity index (χ2n) is 7.75. The Morgan fingerprint density at radius 1 is 0.839 bits per heavy atom. The molecule has 1 aliphatic heterocycles. The molecule has 0 aliphatic carbocycles. The fraction of sp³-hybridized carbons (Fsp3) is 0.240. The van der Waals surface area contributed by atoms with Gasteiger partial charge in [0, 0.05) is 36.6 Å². The van der Waals surface area contributed by atoms with E-state index < -0.39 is 0 Å². The molecule has 6 heteroatoms. The first-order valence-electron chi connectivity index (χ1n) is 10.6. The molecule has 3 heterocycles. The number of fused-ring (bicyclic) bond motifs is 1. The molecular weight excluding hydrogens is 386 g/mol. The lowest BCUT2D eigenvalue weighted by Crippen LogP contribution is -2.36. The van der Waals surface area contributed by atoms with Crippen LogP contribution in [-0.4, -0.2) is 46.2 Å². The summed E-state index contributed by atoms with van der Waals surface area (Å²) in [7, 11) is 0. The van der Waals surface area contributed by atoms with Gasteiger partial charge in [0.15, 0.2) is 0 Å². The van der Waals surface area contributed by atoms with Crippen molar-refractivity contribution in [3.8, 4) is 0 Å². The molecule has 4 aromatic rings. The van der Waals surface area contributed by atoms with Crippen molar-refractivity contribution in [1.82, 2.24) is 19.9 Å². The molecule has 6 nitrogen and oxygen atoms in total. The highest BCUT2D eigenvalue weighted by Gasteiger charge is 2.14. The molecule has 1 N–H and O–H groups in total. The third-order valence-corrected chi connectivity index (χ3v) is 5.49. The zero-order valence-corrected chi connectivity index (χ0v) is 17.4. The van der Waals surface area contributed by atoms with Gasteiger partial charge >= 0.3 is 0 Å². The predicted octanol–water partition coefficient (Wildman–Crippen LogP) is 4.19. The molecule has 31 heavy (non-hydrogen) atoms. The van der Waals surface area contributed by atoms with E-state index in [0.717, 1.165) is 67.5 Å². The van der Waals surface area contributed by atoms with E-state index in [-0.39, 0.29) is 0 Å². The first kappa shape index (κ1) is 19.6. The van der Waals surface area contributed by atoms with Gasteiger partial charge in [0.05, 0.1) is 25.3 Å². The summed E-state index contributed by atoms with van der Waals surface area (Å²) in [5.41, 5.74) is 4.49. The van der Waals surface area contributed by atoms with Gasteiger partial charge in [0.25, 0.3) is 0 Å². The summed E-state index contributed by atoms with van der Waals surface area (Å²) < 4.78 is 5.46. The van der Waals surface area contributed by atoms with Crippen LogP contribution in [0.15, 0.2) is 73.1 Å². The molecular formula is C25H25N5O. The maximum absolute atomic E-state index is 5.46. The Morgan fingerprint density at radius 2 is 1.58 bits per heavy atom. The SMILES string of the molecule is c1ccc2c(Nc3ccc(Cc4ccncc4)cc3)nc(CN3CCOCC3)nc2c1. The van der Waals surface area contributed by atoms with Crippen molar-refractivity contribution < 1.29 is 4.74 Å². The monoisotopic (exact) mass is 411 g/mol. The van der Waals surface area contributed by atoms with E-state index in [2.05, 4.69) is 57.7 Å². The minimum absolute atomic E-state index is 0.730. The summed E-state index contributed by atoms with van der Waals surface area (Å²) in [6, 6.07) is 20.8. The molecule has 0 bridgehead atoms. The highest BCUT2D eigenvalue weighted by Crippen LogP contribution is 2.25. The molecule has 0 atom stereocenters. The topological polar surface area (TPSA) is 63.2 Å². The minimum Gasteiger partial charge on any atom is -0.379 e. The molecule has 1 aliphatic rings. The molecule has 156 valence electrons. The Bertz CT molecular complexity index is 1140. The molecule has 0 saturated carbocycles. The van der Waals surface area contributed by atoms with E-state index in [0.29, 0.717) is 0 Å². The number of ether oxygens (including phenoxy) is 1. The van der Waals surface area contributed by atoms with Gasteiger partial charge in [-0.2, -0.15) is 0 Å². The molecule has 0 unspecified atom stereocenters. The smallest absolute Gasteiger partial charge is 0.145 e. The highest BCUT2D eigenvalue weighted by atomic mass is 16.5. The van der Waals surface area contributed by atoms with Gasteiger partial charge in [-0.15, -0.1) is 0 Å². The Morgan fingerprint density at radius 3 is 2.39 bits per heavy atom. The highest BCUT2D eigenvalue weighted by molar-refractivity contribution is 5.90. The van der Waals surface area contributed by atoms with Gasteiger partial charge in [-0.25, -0.2) is 9.97 Å². The minimum atomic E-state index is 0.730. The second-order valence-corrected chi connectivity index (χ2v) is 7.75. The Hall–Kier alpha value is -3.35. The first-order valence-corrected chi connectivity index (χ1v) is 10.6. The number of pyridine rings is 1. The van der Waals surface area contributed by atoms with Crippen molar-refractivity contribution in [2.45, 2.75) is 13.0 Å². The van der Waals surface area contributed by atoms with E-state index >= 15 is 0 Å². The van der Waals surface area contributed by atoms with E-state index in [1.165, 1.54) is 11.1 Å². The van der Waals surface area contributed by atoms with Gasteiger partial charge in [0.1, 0.15) is 11.6 Å². The van der Waals surface area contributed by atoms with Crippen LogP contribution in [0.1, 0.15) is 17.0 Å². The Labute approximate surface area is 181 Å². The predicted molar refractivity (Wildman–Crippen MR) is 122 cm³/mol. The van der Waals surface area contributed by atoms with Crippen LogP contribution in [0.2, 0.25) is 0 Å². The lowest BCUT2D eigenvalue weighted by atomic mass is 10.1. The Kier molecular flexibility index (Phi) is 5.82. The van der Waals surface area contributed by atoms with Crippen LogP contribution in [0, 0.1) is 0 Å². The number of hydrogen-bond donors (Lipinski definition) is 1. The van der Waals surface area contributed by atoms with Gasteiger partial charge in [0.2, 0.25) is 0 Å². The summed E-state index contributed by atoms with van der Waals surface area (Å²) >= 11 is 0. The maximum Gasteiger partial charge on any atom is 0.145 e. The number of anilines is 2. The van der Waals surface area contributed by atoms with Crippen LogP contribution in [-0.2, 0) is 17.7 Å². The number of aromatic nitrogens is 3. The summed E-state index contributed by atoms with van der Waals surface area (Å²) in [4.78, 5) is 16.1. The number of morpholine rings is 1. The zero-order chi connectivity index (χ0) is 20.9. The molecule has 0 radical (unpaired) electrons. The number of nitrogens with zero attached hydrogens (tertiary/aromatic N) is 4. The van der Waals surface area contributed by atoms with E-state index in [1.54, 1.807) is 0 Å². The summed E-state index contributed by atoms with van der Waals surface area (Å²) in [6.07, 6.45) is 4.56. The van der Waals surface area contributed by atoms with Crippen molar-refractivity contribution in [3.05, 3.63) is 90.0 Å². The van der Waals surface area contributed by atoms with Crippen LogP contribution in [0.25, 0.3) is 10.9 Å². The van der Waals surface area contributed by atoms with Crippen molar-refractivity contribution in [1.29, 1.82) is 0 Å². The lowest BCUT2D eigenvalue weighted by Gasteiger charge is -2.26. The normalized spacial score (nSPS) is 14.6. The fourth-order valence-corrected chi connectivity index (χ4v) is 3.83. The van der Waals surface area contributed by atoms with Crippen LogP contribution in [0.4, 0.5) is 11.5 Å². The molecule has 2 aromatic carbocycles. The summed E-state index contributed by atoms with van der Waals surface area (Å²) in [5.74, 6) is 1.67. The summed E-state index contributed by atoms with van der Waals surface area (Å²) in [6.45, 7) is 4.10. The molecule has 5 rings (SSSR count). The van der Waals surface area contributed by atoms with Crippen molar-refractivity contribution in [3.63, 3.8) is 0 Å². The number of rotatable bonds is 6. The van der Waals surface area contributed by atoms with Gasteiger partial charge in [-0.05, 0) is 53.9 Å². The van der Waals surface area contributed by atoms with E-state index in [4.69, 9.17) is 14.7 Å². The van der Waals surface area contributed by atoms with Crippen molar-refractivity contribution >= 4 is 22.4 Å². The quantitative estimate of drug-likeness (QED) is 0.513. The van der Waals surface area contributed by atoms with Gasteiger partial charge in [-0.3, -0.25) is 9.88 Å². The van der Waals surface area contributed by atoms with Crippen LogP contribution >= 0.6 is 0 Å². The summed E-state index contributed by atoms with van der Waals surface area (Å²) in [5, 5.41) is 4.53. The average Bonchev–Trinajstić information content (AvgIpc) is 2.82.